The quantitative estimate of drug-likeness (QED) is 0.845. The predicted molar refractivity (Wildman–Crippen MR) is 95.2 cm³/mol. The molecule has 0 atom stereocenters. The summed E-state index contributed by atoms with van der Waals surface area (Å²) in [7, 11) is 0. The minimum absolute atomic E-state index is 0.00830. The molecule has 0 fully saturated rings. The normalized spacial score (nSPS) is 11.1. The Morgan fingerprint density at radius 1 is 1.08 bits per heavy atom. The number of anilines is 1. The van der Waals surface area contributed by atoms with Crippen LogP contribution in [0.5, 0.6) is 0 Å². The van der Waals surface area contributed by atoms with Crippen LogP contribution >= 0.6 is 0 Å². The topological polar surface area (TPSA) is 55.4 Å². The molecule has 25 heavy (non-hydrogen) atoms. The molecule has 0 aliphatic heterocycles. The third kappa shape index (κ3) is 5.14. The molecule has 0 saturated carbocycles. The summed E-state index contributed by atoms with van der Waals surface area (Å²) in [6, 6.07) is 11.5. The van der Waals surface area contributed by atoms with Gasteiger partial charge in [0.05, 0.1) is 5.56 Å². The first-order valence-corrected chi connectivity index (χ1v) is 8.00. The fourth-order valence-corrected chi connectivity index (χ4v) is 2.19. The van der Waals surface area contributed by atoms with Crippen molar-refractivity contribution in [3.8, 4) is 0 Å². The van der Waals surface area contributed by atoms with Crippen LogP contribution in [0, 0.1) is 12.7 Å². The number of benzene rings is 2. The second kappa shape index (κ2) is 7.47. The third-order valence-corrected chi connectivity index (χ3v) is 3.78. The molecule has 0 radical (unpaired) electrons. The van der Waals surface area contributed by atoms with Crippen molar-refractivity contribution in [2.45, 2.75) is 33.1 Å². The van der Waals surface area contributed by atoms with Crippen LogP contribution in [-0.2, 0) is 14.9 Å². The summed E-state index contributed by atoms with van der Waals surface area (Å²) in [6.45, 7) is 7.44. The molecule has 0 aliphatic rings. The number of amides is 1. The number of halogens is 1. The molecule has 2 aromatic rings. The molecular weight excluding hydrogens is 321 g/mol. The maximum absolute atomic E-state index is 13.4. The number of hydrogen-bond donors (Lipinski definition) is 1. The molecule has 4 nitrogen and oxygen atoms in total. The Balaban J connectivity index is 1.90. The van der Waals surface area contributed by atoms with Crippen LogP contribution in [0.25, 0.3) is 0 Å². The van der Waals surface area contributed by atoms with E-state index in [0.717, 1.165) is 5.56 Å². The minimum atomic E-state index is -0.578. The molecule has 0 unspecified atom stereocenters. The number of rotatable bonds is 4. The lowest BCUT2D eigenvalue weighted by atomic mass is 9.87. The SMILES string of the molecule is Cc1ccc(NC(=O)COC(=O)c2ccc(C(C)(C)C)cc2)cc1F. The van der Waals surface area contributed by atoms with Crippen molar-refractivity contribution in [2.24, 2.45) is 0 Å². The number of hydrogen-bond acceptors (Lipinski definition) is 3. The van der Waals surface area contributed by atoms with Crippen LogP contribution in [-0.4, -0.2) is 18.5 Å². The predicted octanol–water partition coefficient (Wildman–Crippen LogP) is 4.23. The maximum atomic E-state index is 13.4. The van der Waals surface area contributed by atoms with Crippen LogP contribution in [0.1, 0.15) is 42.3 Å². The van der Waals surface area contributed by atoms with E-state index in [1.54, 1.807) is 31.2 Å². The Kier molecular flexibility index (Phi) is 5.57. The van der Waals surface area contributed by atoms with E-state index in [0.29, 0.717) is 16.8 Å². The monoisotopic (exact) mass is 343 g/mol. The van der Waals surface area contributed by atoms with Crippen molar-refractivity contribution < 1.29 is 18.7 Å². The highest BCUT2D eigenvalue weighted by Crippen LogP contribution is 2.22. The number of carbonyl (C=O) groups excluding carboxylic acids is 2. The van der Waals surface area contributed by atoms with E-state index in [1.807, 2.05) is 12.1 Å². The summed E-state index contributed by atoms with van der Waals surface area (Å²) in [6.07, 6.45) is 0. The first kappa shape index (κ1) is 18.6. The van der Waals surface area contributed by atoms with Gasteiger partial charge in [-0.15, -0.1) is 0 Å². The lowest BCUT2D eigenvalue weighted by molar-refractivity contribution is -0.119. The molecule has 5 heteroatoms. The smallest absolute Gasteiger partial charge is 0.338 e. The Hall–Kier alpha value is -2.69. The molecule has 2 rings (SSSR count). The average molecular weight is 343 g/mol. The first-order valence-electron chi connectivity index (χ1n) is 8.00. The van der Waals surface area contributed by atoms with Crippen molar-refractivity contribution >= 4 is 17.6 Å². The summed E-state index contributed by atoms with van der Waals surface area (Å²) >= 11 is 0. The average Bonchev–Trinajstić information content (AvgIpc) is 2.55. The minimum Gasteiger partial charge on any atom is -0.452 e. The van der Waals surface area contributed by atoms with Crippen LogP contribution < -0.4 is 5.32 Å². The van der Waals surface area contributed by atoms with E-state index in [1.165, 1.54) is 6.07 Å². The fourth-order valence-electron chi connectivity index (χ4n) is 2.19. The van der Waals surface area contributed by atoms with Gasteiger partial charge in [0.15, 0.2) is 6.61 Å². The summed E-state index contributed by atoms with van der Waals surface area (Å²) in [5.74, 6) is -1.51. The van der Waals surface area contributed by atoms with E-state index in [2.05, 4.69) is 26.1 Å². The van der Waals surface area contributed by atoms with Gasteiger partial charge in [0.25, 0.3) is 5.91 Å². The van der Waals surface area contributed by atoms with Crippen LogP contribution in [0.4, 0.5) is 10.1 Å². The number of nitrogens with one attached hydrogen (secondary N) is 1. The van der Waals surface area contributed by atoms with Crippen molar-refractivity contribution in [3.05, 3.63) is 65.0 Å². The van der Waals surface area contributed by atoms with Gasteiger partial charge in [-0.05, 0) is 47.7 Å². The van der Waals surface area contributed by atoms with Gasteiger partial charge in [0.2, 0.25) is 0 Å². The van der Waals surface area contributed by atoms with E-state index >= 15 is 0 Å². The van der Waals surface area contributed by atoms with Gasteiger partial charge < -0.3 is 10.1 Å². The van der Waals surface area contributed by atoms with Crippen LogP contribution in [0.15, 0.2) is 42.5 Å². The van der Waals surface area contributed by atoms with E-state index in [-0.39, 0.29) is 5.41 Å². The van der Waals surface area contributed by atoms with Gasteiger partial charge in [-0.2, -0.15) is 0 Å². The number of aryl methyl sites for hydroxylation is 1. The van der Waals surface area contributed by atoms with Crippen LogP contribution in [0.3, 0.4) is 0 Å². The standard InChI is InChI=1S/C20H22FNO3/c1-13-5-10-16(11-17(13)21)22-18(23)12-25-19(24)14-6-8-15(9-7-14)20(2,3)4/h5-11H,12H2,1-4H3,(H,22,23). The van der Waals surface area contributed by atoms with E-state index in [9.17, 15) is 14.0 Å². The summed E-state index contributed by atoms with van der Waals surface area (Å²) in [4.78, 5) is 23.8. The second-order valence-electron chi connectivity index (χ2n) is 6.92. The molecule has 132 valence electrons. The van der Waals surface area contributed by atoms with Crippen molar-refractivity contribution in [1.82, 2.24) is 0 Å². The van der Waals surface area contributed by atoms with Crippen molar-refractivity contribution in [2.75, 3.05) is 11.9 Å². The summed E-state index contributed by atoms with van der Waals surface area (Å²) in [5, 5.41) is 2.49. The van der Waals surface area contributed by atoms with Gasteiger partial charge in [-0.3, -0.25) is 4.79 Å². The molecule has 0 heterocycles. The Morgan fingerprint density at radius 3 is 2.28 bits per heavy atom. The molecule has 1 N–H and O–H groups in total. The Labute approximate surface area is 147 Å². The highest BCUT2D eigenvalue weighted by atomic mass is 19.1. The fraction of sp³-hybridized carbons (Fsp3) is 0.300. The van der Waals surface area contributed by atoms with E-state index < -0.39 is 24.3 Å². The Morgan fingerprint density at radius 2 is 1.72 bits per heavy atom. The molecule has 0 spiro atoms. The zero-order valence-corrected chi connectivity index (χ0v) is 14.9. The largest absolute Gasteiger partial charge is 0.452 e. The van der Waals surface area contributed by atoms with Crippen molar-refractivity contribution in [3.63, 3.8) is 0 Å². The highest BCUT2D eigenvalue weighted by Gasteiger charge is 2.15. The lowest BCUT2D eigenvalue weighted by Crippen LogP contribution is -2.21. The zero-order chi connectivity index (χ0) is 18.6. The van der Waals surface area contributed by atoms with E-state index in [4.69, 9.17) is 4.74 Å². The van der Waals surface area contributed by atoms with Gasteiger partial charge in [0.1, 0.15) is 5.82 Å². The van der Waals surface area contributed by atoms with Gasteiger partial charge in [-0.1, -0.05) is 39.0 Å². The number of esters is 1. The Bertz CT molecular complexity index is 777. The molecule has 1 amide bonds. The molecule has 0 saturated heterocycles. The molecule has 0 bridgehead atoms. The van der Waals surface area contributed by atoms with Gasteiger partial charge >= 0.3 is 5.97 Å². The summed E-state index contributed by atoms with van der Waals surface area (Å²) < 4.78 is 18.4. The molecule has 0 aliphatic carbocycles. The molecular formula is C20H22FNO3. The summed E-state index contributed by atoms with van der Waals surface area (Å²) in [5.41, 5.74) is 2.28. The second-order valence-corrected chi connectivity index (χ2v) is 6.92. The van der Waals surface area contributed by atoms with Gasteiger partial charge in [0, 0.05) is 5.69 Å². The molecule has 0 aromatic heterocycles. The lowest BCUT2D eigenvalue weighted by Gasteiger charge is -2.18. The third-order valence-electron chi connectivity index (χ3n) is 3.78. The maximum Gasteiger partial charge on any atom is 0.338 e. The van der Waals surface area contributed by atoms with Crippen LogP contribution in [0.2, 0.25) is 0 Å². The highest BCUT2D eigenvalue weighted by molar-refractivity contribution is 5.95. The first-order chi connectivity index (χ1) is 11.7. The van der Waals surface area contributed by atoms with Gasteiger partial charge in [-0.25, -0.2) is 9.18 Å². The number of ether oxygens (including phenoxy) is 1. The number of carbonyl (C=O) groups is 2. The van der Waals surface area contributed by atoms with Crippen molar-refractivity contribution in [1.29, 1.82) is 0 Å². The molecule has 2 aromatic carbocycles. The zero-order valence-electron chi connectivity index (χ0n) is 14.9.